The number of hydrogen-bond acceptors (Lipinski definition) is 3. The summed E-state index contributed by atoms with van der Waals surface area (Å²) >= 11 is 0. The first-order chi connectivity index (χ1) is 6.83. The third-order valence-electron chi connectivity index (χ3n) is 3.10. The van der Waals surface area contributed by atoms with Gasteiger partial charge in [-0.2, -0.15) is 0 Å². The number of anilines is 1. The van der Waals surface area contributed by atoms with Crippen LogP contribution in [0.3, 0.4) is 0 Å². The van der Waals surface area contributed by atoms with E-state index in [1.807, 2.05) is 14.1 Å². The second-order valence-corrected chi connectivity index (χ2v) is 4.03. The van der Waals surface area contributed by atoms with E-state index in [-0.39, 0.29) is 0 Å². The maximum atomic E-state index is 4.26. The normalized spacial score (nSPS) is 18.4. The smallest absolute Gasteiger partial charge is 0.224 e. The fourth-order valence-electron chi connectivity index (χ4n) is 2.28. The summed E-state index contributed by atoms with van der Waals surface area (Å²) in [7, 11) is 3.92. The molecule has 2 rings (SSSR count). The molecular weight excluding hydrogens is 176 g/mol. The molecule has 0 amide bonds. The Kier molecular flexibility index (Phi) is 2.70. The summed E-state index contributed by atoms with van der Waals surface area (Å²) in [6.45, 7) is 0. The number of rotatable bonds is 2. The van der Waals surface area contributed by atoms with Gasteiger partial charge in [-0.05, 0) is 12.8 Å². The minimum atomic E-state index is 0.628. The molecule has 0 bridgehead atoms. The van der Waals surface area contributed by atoms with Crippen molar-refractivity contribution in [2.24, 2.45) is 7.05 Å². The second-order valence-electron chi connectivity index (χ2n) is 4.03. The zero-order valence-corrected chi connectivity index (χ0v) is 8.95. The van der Waals surface area contributed by atoms with Crippen LogP contribution in [0.4, 0.5) is 5.95 Å². The summed E-state index contributed by atoms with van der Waals surface area (Å²) in [4.78, 5) is 0. The number of nitrogens with one attached hydrogen (secondary N) is 1. The van der Waals surface area contributed by atoms with Gasteiger partial charge in [-0.3, -0.25) is 0 Å². The van der Waals surface area contributed by atoms with Gasteiger partial charge in [0.15, 0.2) is 0 Å². The van der Waals surface area contributed by atoms with E-state index in [0.29, 0.717) is 5.92 Å². The summed E-state index contributed by atoms with van der Waals surface area (Å²) in [6, 6.07) is 0. The molecule has 0 saturated heterocycles. The largest absolute Gasteiger partial charge is 0.357 e. The Morgan fingerprint density at radius 1 is 1.21 bits per heavy atom. The van der Waals surface area contributed by atoms with Gasteiger partial charge in [0.05, 0.1) is 0 Å². The molecule has 1 saturated carbocycles. The molecule has 4 heteroatoms. The maximum absolute atomic E-state index is 4.26. The van der Waals surface area contributed by atoms with Gasteiger partial charge in [-0.1, -0.05) is 19.3 Å². The van der Waals surface area contributed by atoms with Crippen LogP contribution in [0.15, 0.2) is 0 Å². The lowest BCUT2D eigenvalue weighted by Crippen LogP contribution is -2.11. The number of hydrogen-bond donors (Lipinski definition) is 1. The average molecular weight is 194 g/mol. The van der Waals surface area contributed by atoms with Crippen LogP contribution in [0, 0.1) is 0 Å². The van der Waals surface area contributed by atoms with Gasteiger partial charge in [-0.15, -0.1) is 10.2 Å². The molecule has 0 radical (unpaired) electrons. The van der Waals surface area contributed by atoms with Crippen molar-refractivity contribution in [1.82, 2.24) is 14.8 Å². The highest BCUT2D eigenvalue weighted by Crippen LogP contribution is 2.31. The van der Waals surface area contributed by atoms with Crippen molar-refractivity contribution in [3.05, 3.63) is 5.82 Å². The van der Waals surface area contributed by atoms with Crippen molar-refractivity contribution in [3.63, 3.8) is 0 Å². The summed E-state index contributed by atoms with van der Waals surface area (Å²) in [5.74, 6) is 2.64. The lowest BCUT2D eigenvalue weighted by Gasteiger charge is -2.20. The van der Waals surface area contributed by atoms with E-state index in [1.165, 1.54) is 32.1 Å². The molecule has 1 aliphatic carbocycles. The molecule has 78 valence electrons. The molecule has 1 aliphatic rings. The highest BCUT2D eigenvalue weighted by atomic mass is 15.3. The topological polar surface area (TPSA) is 42.7 Å². The highest BCUT2D eigenvalue weighted by molar-refractivity contribution is 5.24. The molecule has 0 spiro atoms. The molecule has 1 aromatic heterocycles. The van der Waals surface area contributed by atoms with Crippen molar-refractivity contribution in [2.75, 3.05) is 12.4 Å². The van der Waals surface area contributed by atoms with E-state index in [2.05, 4.69) is 20.1 Å². The van der Waals surface area contributed by atoms with Crippen molar-refractivity contribution in [2.45, 2.75) is 38.0 Å². The minimum absolute atomic E-state index is 0.628. The third-order valence-corrected chi connectivity index (χ3v) is 3.10. The first kappa shape index (κ1) is 9.49. The van der Waals surface area contributed by atoms with Crippen LogP contribution in [-0.4, -0.2) is 21.8 Å². The number of aromatic nitrogens is 3. The van der Waals surface area contributed by atoms with Crippen LogP contribution in [-0.2, 0) is 7.05 Å². The first-order valence-electron chi connectivity index (χ1n) is 5.40. The Labute approximate surface area is 84.7 Å². The van der Waals surface area contributed by atoms with Crippen LogP contribution in [0.2, 0.25) is 0 Å². The lowest BCUT2D eigenvalue weighted by atomic mass is 9.89. The van der Waals surface area contributed by atoms with Crippen molar-refractivity contribution in [1.29, 1.82) is 0 Å². The van der Waals surface area contributed by atoms with Gasteiger partial charge >= 0.3 is 0 Å². The van der Waals surface area contributed by atoms with E-state index in [4.69, 9.17) is 0 Å². The summed E-state index contributed by atoms with van der Waals surface area (Å²) in [5.41, 5.74) is 0. The monoisotopic (exact) mass is 194 g/mol. The minimum Gasteiger partial charge on any atom is -0.357 e. The van der Waals surface area contributed by atoms with Crippen molar-refractivity contribution in [3.8, 4) is 0 Å². The lowest BCUT2D eigenvalue weighted by molar-refractivity contribution is 0.421. The summed E-state index contributed by atoms with van der Waals surface area (Å²) < 4.78 is 2.08. The number of nitrogens with zero attached hydrogens (tertiary/aromatic N) is 3. The Hall–Kier alpha value is -1.06. The van der Waals surface area contributed by atoms with Crippen LogP contribution in [0.25, 0.3) is 0 Å². The van der Waals surface area contributed by atoms with Crippen LogP contribution in [0.5, 0.6) is 0 Å². The molecule has 1 N–H and O–H groups in total. The SMILES string of the molecule is CNc1nnc(C2CCCCC2)n1C. The van der Waals surface area contributed by atoms with E-state index in [9.17, 15) is 0 Å². The van der Waals surface area contributed by atoms with E-state index in [0.717, 1.165) is 11.8 Å². The Bertz CT molecular complexity index is 299. The van der Waals surface area contributed by atoms with Crippen molar-refractivity contribution < 1.29 is 0 Å². The van der Waals surface area contributed by atoms with Gasteiger partial charge in [-0.25, -0.2) is 0 Å². The predicted molar refractivity (Wildman–Crippen MR) is 56.4 cm³/mol. The van der Waals surface area contributed by atoms with E-state index >= 15 is 0 Å². The quantitative estimate of drug-likeness (QED) is 0.782. The van der Waals surface area contributed by atoms with Crippen molar-refractivity contribution >= 4 is 5.95 Å². The zero-order chi connectivity index (χ0) is 9.97. The fraction of sp³-hybridized carbons (Fsp3) is 0.800. The van der Waals surface area contributed by atoms with Crippen LogP contribution in [0.1, 0.15) is 43.8 Å². The molecule has 4 nitrogen and oxygen atoms in total. The molecule has 0 aliphatic heterocycles. The zero-order valence-electron chi connectivity index (χ0n) is 8.95. The molecule has 0 unspecified atom stereocenters. The van der Waals surface area contributed by atoms with Gasteiger partial charge in [0, 0.05) is 20.0 Å². The summed E-state index contributed by atoms with van der Waals surface area (Å²) in [6.07, 6.45) is 6.61. The molecular formula is C10H18N4. The Balaban J connectivity index is 2.18. The summed E-state index contributed by atoms with van der Waals surface area (Å²) in [5, 5.41) is 11.4. The van der Waals surface area contributed by atoms with Crippen LogP contribution >= 0.6 is 0 Å². The standard InChI is InChI=1S/C10H18N4/c1-11-10-13-12-9(14(10)2)8-6-4-3-5-7-8/h8H,3-7H2,1-2H3,(H,11,13). The van der Waals surface area contributed by atoms with Gasteiger partial charge in [0.25, 0.3) is 0 Å². The third kappa shape index (κ3) is 1.61. The first-order valence-corrected chi connectivity index (χ1v) is 5.40. The molecule has 1 heterocycles. The Morgan fingerprint density at radius 3 is 2.50 bits per heavy atom. The maximum Gasteiger partial charge on any atom is 0.224 e. The molecule has 0 atom stereocenters. The average Bonchev–Trinajstić information content (AvgIpc) is 2.61. The highest BCUT2D eigenvalue weighted by Gasteiger charge is 2.21. The molecule has 1 aromatic rings. The van der Waals surface area contributed by atoms with E-state index < -0.39 is 0 Å². The van der Waals surface area contributed by atoms with Gasteiger partial charge < -0.3 is 9.88 Å². The fourth-order valence-corrected chi connectivity index (χ4v) is 2.28. The Morgan fingerprint density at radius 2 is 1.93 bits per heavy atom. The molecule has 0 aromatic carbocycles. The molecule has 14 heavy (non-hydrogen) atoms. The van der Waals surface area contributed by atoms with Gasteiger partial charge in [0.1, 0.15) is 5.82 Å². The predicted octanol–water partition coefficient (Wildman–Crippen LogP) is 1.90. The molecule has 1 fully saturated rings. The second kappa shape index (κ2) is 3.98. The van der Waals surface area contributed by atoms with E-state index in [1.54, 1.807) is 0 Å². The van der Waals surface area contributed by atoms with Gasteiger partial charge in [0.2, 0.25) is 5.95 Å². The van der Waals surface area contributed by atoms with Crippen LogP contribution < -0.4 is 5.32 Å².